The summed E-state index contributed by atoms with van der Waals surface area (Å²) in [6.07, 6.45) is 0. The van der Waals surface area contributed by atoms with Crippen molar-refractivity contribution in [2.45, 2.75) is 0 Å². The van der Waals surface area contributed by atoms with Crippen LogP contribution in [0.3, 0.4) is 0 Å². The zero-order chi connectivity index (χ0) is 11.5. The third-order valence-electron chi connectivity index (χ3n) is 1.56. The predicted molar refractivity (Wildman–Crippen MR) is 55.7 cm³/mol. The number of anilines is 1. The van der Waals surface area contributed by atoms with Gasteiger partial charge in [0.15, 0.2) is 5.84 Å². The summed E-state index contributed by atoms with van der Waals surface area (Å²) in [5.41, 5.74) is 5.73. The van der Waals surface area contributed by atoms with Crippen molar-refractivity contribution < 1.29 is 13.6 Å². The molecule has 0 saturated heterocycles. The first-order valence-corrected chi connectivity index (χ1v) is 5.36. The number of para-hydroxylation sites is 1. The molecule has 0 amide bonds. The molecule has 0 bridgehead atoms. The van der Waals surface area contributed by atoms with Crippen molar-refractivity contribution in [2.24, 2.45) is 16.0 Å². The Morgan fingerprint density at radius 2 is 2.00 bits per heavy atom. The number of nitrogens with one attached hydrogen (secondary N) is 1. The Morgan fingerprint density at radius 3 is 2.53 bits per heavy atom. The minimum atomic E-state index is -3.88. The van der Waals surface area contributed by atoms with E-state index in [1.165, 1.54) is 12.1 Å². The lowest BCUT2D eigenvalue weighted by atomic mass is 10.2. The Bertz CT molecular complexity index is 483. The largest absolute Gasteiger partial charge is 0.409 e. The van der Waals surface area contributed by atoms with Gasteiger partial charge >= 0.3 is 0 Å². The molecule has 0 radical (unpaired) electrons. The summed E-state index contributed by atoms with van der Waals surface area (Å²) in [6, 6.07) is 6.13. The van der Waals surface area contributed by atoms with Crippen LogP contribution in [0.4, 0.5) is 5.69 Å². The van der Waals surface area contributed by atoms with E-state index < -0.39 is 10.2 Å². The van der Waals surface area contributed by atoms with Crippen LogP contribution in [0.25, 0.3) is 0 Å². The molecule has 0 aliphatic heterocycles. The van der Waals surface area contributed by atoms with Crippen LogP contribution in [-0.2, 0) is 10.2 Å². The molecule has 0 fully saturated rings. The van der Waals surface area contributed by atoms with Gasteiger partial charge in [0, 0.05) is 5.56 Å². The van der Waals surface area contributed by atoms with Crippen molar-refractivity contribution >= 4 is 21.7 Å². The van der Waals surface area contributed by atoms with Crippen LogP contribution >= 0.6 is 0 Å². The molecule has 0 saturated carbocycles. The fourth-order valence-electron chi connectivity index (χ4n) is 1.00. The zero-order valence-corrected chi connectivity index (χ0v) is 8.40. The molecule has 15 heavy (non-hydrogen) atoms. The molecule has 0 unspecified atom stereocenters. The maximum absolute atomic E-state index is 10.8. The summed E-state index contributed by atoms with van der Waals surface area (Å²) in [4.78, 5) is 0. The van der Waals surface area contributed by atoms with E-state index in [9.17, 15) is 8.42 Å². The van der Waals surface area contributed by atoms with Gasteiger partial charge in [-0.2, -0.15) is 8.42 Å². The number of hydrogen-bond donors (Lipinski definition) is 4. The topological polar surface area (TPSA) is 131 Å². The number of nitrogens with zero attached hydrogens (tertiary/aromatic N) is 1. The third-order valence-corrected chi connectivity index (χ3v) is 2.07. The minimum Gasteiger partial charge on any atom is -0.409 e. The second-order valence-corrected chi connectivity index (χ2v) is 3.97. The SMILES string of the molecule is N/C(=N/O)c1ccccc1NS(N)(=O)=O. The van der Waals surface area contributed by atoms with Crippen LogP contribution in [-0.4, -0.2) is 19.5 Å². The average molecular weight is 230 g/mol. The number of amidine groups is 1. The highest BCUT2D eigenvalue weighted by atomic mass is 32.2. The highest BCUT2D eigenvalue weighted by Gasteiger charge is 2.09. The van der Waals surface area contributed by atoms with Gasteiger partial charge in [-0.3, -0.25) is 4.72 Å². The van der Waals surface area contributed by atoms with E-state index in [0.29, 0.717) is 0 Å². The van der Waals surface area contributed by atoms with E-state index in [4.69, 9.17) is 16.1 Å². The quantitative estimate of drug-likeness (QED) is 0.239. The van der Waals surface area contributed by atoms with Crippen molar-refractivity contribution in [2.75, 3.05) is 4.72 Å². The van der Waals surface area contributed by atoms with Crippen molar-refractivity contribution in [3.05, 3.63) is 29.8 Å². The molecule has 0 aromatic heterocycles. The number of benzene rings is 1. The molecule has 1 aromatic rings. The van der Waals surface area contributed by atoms with Crippen LogP contribution in [0.2, 0.25) is 0 Å². The first-order chi connectivity index (χ1) is 6.94. The Kier molecular flexibility index (Phi) is 3.12. The van der Waals surface area contributed by atoms with Crippen LogP contribution in [0.5, 0.6) is 0 Å². The van der Waals surface area contributed by atoms with Crippen molar-refractivity contribution in [1.29, 1.82) is 0 Å². The van der Waals surface area contributed by atoms with Gasteiger partial charge in [-0.25, -0.2) is 5.14 Å². The van der Waals surface area contributed by atoms with E-state index in [1.807, 2.05) is 4.72 Å². The predicted octanol–water partition coefficient (Wildman–Crippen LogP) is -0.603. The summed E-state index contributed by atoms with van der Waals surface area (Å²) in [7, 11) is -3.88. The van der Waals surface area contributed by atoms with E-state index in [-0.39, 0.29) is 17.1 Å². The average Bonchev–Trinajstić information content (AvgIpc) is 2.15. The molecule has 7 nitrogen and oxygen atoms in total. The maximum atomic E-state index is 10.8. The summed E-state index contributed by atoms with van der Waals surface area (Å²) < 4.78 is 23.6. The molecule has 0 aliphatic rings. The van der Waals surface area contributed by atoms with E-state index in [1.54, 1.807) is 12.1 Å². The van der Waals surface area contributed by atoms with Gasteiger partial charge in [-0.1, -0.05) is 17.3 Å². The molecule has 0 heterocycles. The Labute approximate surface area is 86.6 Å². The fraction of sp³-hybridized carbons (Fsp3) is 0. The van der Waals surface area contributed by atoms with Crippen LogP contribution in [0.1, 0.15) is 5.56 Å². The first kappa shape index (κ1) is 11.3. The highest BCUT2D eigenvalue weighted by Crippen LogP contribution is 2.14. The van der Waals surface area contributed by atoms with Crippen molar-refractivity contribution in [1.82, 2.24) is 0 Å². The Hall–Kier alpha value is -1.80. The van der Waals surface area contributed by atoms with Gasteiger partial charge in [0.1, 0.15) is 0 Å². The Balaban J connectivity index is 3.19. The molecule has 0 spiro atoms. The molecule has 6 N–H and O–H groups in total. The van der Waals surface area contributed by atoms with Crippen molar-refractivity contribution in [3.63, 3.8) is 0 Å². The minimum absolute atomic E-state index is 0.148. The lowest BCUT2D eigenvalue weighted by Gasteiger charge is -2.08. The molecule has 1 aromatic carbocycles. The summed E-state index contributed by atoms with van der Waals surface area (Å²) in [6.45, 7) is 0. The van der Waals surface area contributed by atoms with Gasteiger partial charge in [-0.15, -0.1) is 0 Å². The fourth-order valence-corrected chi connectivity index (χ4v) is 1.49. The van der Waals surface area contributed by atoms with Gasteiger partial charge in [-0.05, 0) is 12.1 Å². The van der Waals surface area contributed by atoms with E-state index in [0.717, 1.165) is 0 Å². The van der Waals surface area contributed by atoms with Crippen LogP contribution in [0, 0.1) is 0 Å². The lowest BCUT2D eigenvalue weighted by Crippen LogP contribution is -2.24. The monoisotopic (exact) mass is 230 g/mol. The summed E-state index contributed by atoms with van der Waals surface area (Å²) in [5, 5.41) is 16.0. The van der Waals surface area contributed by atoms with Gasteiger partial charge in [0.2, 0.25) is 0 Å². The number of hydrogen-bond acceptors (Lipinski definition) is 4. The first-order valence-electron chi connectivity index (χ1n) is 3.81. The van der Waals surface area contributed by atoms with Gasteiger partial charge < -0.3 is 10.9 Å². The number of rotatable bonds is 3. The maximum Gasteiger partial charge on any atom is 0.296 e. The second kappa shape index (κ2) is 4.15. The molecule has 82 valence electrons. The van der Waals surface area contributed by atoms with Gasteiger partial charge in [0.25, 0.3) is 10.2 Å². The normalized spacial score (nSPS) is 12.5. The standard InChI is InChI=1S/C7H10N4O3S/c8-7(10-12)5-3-1-2-4-6(5)11-15(9,13)14/h1-4,11-12H,(H2,8,10)(H2,9,13,14). The second-order valence-electron chi connectivity index (χ2n) is 2.68. The summed E-state index contributed by atoms with van der Waals surface area (Å²) in [5.74, 6) is -0.207. The molecular formula is C7H10N4O3S. The highest BCUT2D eigenvalue weighted by molar-refractivity contribution is 7.90. The van der Waals surface area contributed by atoms with Crippen molar-refractivity contribution in [3.8, 4) is 0 Å². The number of oxime groups is 1. The van der Waals surface area contributed by atoms with Gasteiger partial charge in [0.05, 0.1) is 5.69 Å². The Morgan fingerprint density at radius 1 is 1.40 bits per heavy atom. The summed E-state index contributed by atoms with van der Waals surface area (Å²) >= 11 is 0. The molecular weight excluding hydrogens is 220 g/mol. The van der Waals surface area contributed by atoms with E-state index >= 15 is 0 Å². The number of nitrogens with two attached hydrogens (primary N) is 2. The lowest BCUT2D eigenvalue weighted by molar-refractivity contribution is 0.318. The smallest absolute Gasteiger partial charge is 0.296 e. The zero-order valence-electron chi connectivity index (χ0n) is 7.58. The van der Waals surface area contributed by atoms with Crippen LogP contribution < -0.4 is 15.6 Å². The molecule has 1 rings (SSSR count). The molecule has 8 heteroatoms. The third kappa shape index (κ3) is 3.11. The van der Waals surface area contributed by atoms with Crippen LogP contribution in [0.15, 0.2) is 29.4 Å². The van der Waals surface area contributed by atoms with E-state index in [2.05, 4.69) is 5.16 Å². The molecule has 0 atom stereocenters. The molecule has 0 aliphatic carbocycles.